The van der Waals surface area contributed by atoms with Gasteiger partial charge in [0.15, 0.2) is 5.65 Å². The number of fused-ring (bicyclic) bond motifs is 1. The molecule has 2 aromatic rings. The fourth-order valence-corrected chi connectivity index (χ4v) is 1.51. The topological polar surface area (TPSA) is 72.3 Å². The zero-order chi connectivity index (χ0) is 12.4. The van der Waals surface area contributed by atoms with E-state index in [4.69, 9.17) is 16.3 Å². The number of halogens is 1. The van der Waals surface area contributed by atoms with E-state index < -0.39 is 5.97 Å². The number of rotatable bonds is 2. The lowest BCUT2D eigenvalue weighted by atomic mass is 10.2. The zero-order valence-electron chi connectivity index (χ0n) is 8.98. The van der Waals surface area contributed by atoms with Crippen molar-refractivity contribution in [1.29, 1.82) is 0 Å². The molecule has 0 aliphatic heterocycles. The summed E-state index contributed by atoms with van der Waals surface area (Å²) in [6, 6.07) is 3.06. The maximum atomic E-state index is 11.5. The van der Waals surface area contributed by atoms with Crippen molar-refractivity contribution in [3.05, 3.63) is 28.9 Å². The molecule has 0 aromatic carbocycles. The average Bonchev–Trinajstić information content (AvgIpc) is 2.30. The highest BCUT2D eigenvalue weighted by Crippen LogP contribution is 2.24. The Kier molecular flexibility index (Phi) is 3.10. The van der Waals surface area contributed by atoms with Crippen molar-refractivity contribution in [3.63, 3.8) is 0 Å². The summed E-state index contributed by atoms with van der Waals surface area (Å²) < 4.78 is 4.85. The van der Waals surface area contributed by atoms with Crippen LogP contribution >= 0.6 is 11.6 Å². The van der Waals surface area contributed by atoms with Crippen molar-refractivity contribution in [2.75, 3.05) is 6.61 Å². The number of aromatic hydroxyl groups is 1. The van der Waals surface area contributed by atoms with Crippen LogP contribution in [-0.2, 0) is 4.74 Å². The maximum absolute atomic E-state index is 11.5. The number of esters is 1. The third kappa shape index (κ3) is 2.29. The molecule has 0 saturated heterocycles. The fourth-order valence-electron chi connectivity index (χ4n) is 1.36. The molecule has 6 heteroatoms. The van der Waals surface area contributed by atoms with Crippen LogP contribution in [0.5, 0.6) is 5.88 Å². The summed E-state index contributed by atoms with van der Waals surface area (Å²) >= 11 is 5.72. The van der Waals surface area contributed by atoms with Crippen LogP contribution in [0.15, 0.2) is 18.3 Å². The first-order chi connectivity index (χ1) is 8.11. The molecule has 2 heterocycles. The van der Waals surface area contributed by atoms with Crippen LogP contribution in [0.25, 0.3) is 11.0 Å². The first-order valence-electron chi connectivity index (χ1n) is 4.94. The summed E-state index contributed by atoms with van der Waals surface area (Å²) in [6.45, 7) is 2.02. The van der Waals surface area contributed by atoms with E-state index in [1.165, 1.54) is 12.3 Å². The number of carbonyl (C=O) groups is 1. The van der Waals surface area contributed by atoms with Gasteiger partial charge in [0.2, 0.25) is 5.88 Å². The van der Waals surface area contributed by atoms with Crippen LogP contribution in [0.1, 0.15) is 17.3 Å². The van der Waals surface area contributed by atoms with Crippen molar-refractivity contribution < 1.29 is 14.6 Å². The van der Waals surface area contributed by atoms with Gasteiger partial charge in [0.1, 0.15) is 5.02 Å². The summed E-state index contributed by atoms with van der Waals surface area (Å²) in [7, 11) is 0. The minimum atomic E-state index is -0.453. The second-order valence-corrected chi connectivity index (χ2v) is 3.69. The van der Waals surface area contributed by atoms with E-state index in [0.29, 0.717) is 23.2 Å². The van der Waals surface area contributed by atoms with Crippen LogP contribution < -0.4 is 0 Å². The molecule has 0 bridgehead atoms. The first-order valence-corrected chi connectivity index (χ1v) is 5.32. The SMILES string of the molecule is CCOC(=O)c1cnc2nc(O)c(Cl)cc2c1. The Bertz CT molecular complexity index is 586. The van der Waals surface area contributed by atoms with Gasteiger partial charge in [0.25, 0.3) is 0 Å². The standard InChI is InChI=1S/C11H9ClN2O3/c1-2-17-11(16)7-3-6-4-8(12)10(15)14-9(6)13-5-7/h3-5H,2H2,1H3,(H,13,14,15). The largest absolute Gasteiger partial charge is 0.492 e. The molecule has 0 radical (unpaired) electrons. The van der Waals surface area contributed by atoms with Gasteiger partial charge in [-0.3, -0.25) is 0 Å². The number of hydrogen-bond acceptors (Lipinski definition) is 5. The summed E-state index contributed by atoms with van der Waals surface area (Å²) in [4.78, 5) is 19.2. The van der Waals surface area contributed by atoms with E-state index in [2.05, 4.69) is 9.97 Å². The van der Waals surface area contributed by atoms with Crippen molar-refractivity contribution in [2.45, 2.75) is 6.92 Å². The maximum Gasteiger partial charge on any atom is 0.339 e. The predicted molar refractivity (Wildman–Crippen MR) is 62.2 cm³/mol. The molecule has 0 unspecified atom stereocenters. The smallest absolute Gasteiger partial charge is 0.339 e. The number of carbonyl (C=O) groups excluding carboxylic acids is 1. The lowest BCUT2D eigenvalue weighted by molar-refractivity contribution is 0.0526. The Labute approximate surface area is 102 Å². The molecule has 0 spiro atoms. The van der Waals surface area contributed by atoms with Gasteiger partial charge >= 0.3 is 5.97 Å². The molecule has 0 aliphatic rings. The van der Waals surface area contributed by atoms with Gasteiger partial charge < -0.3 is 9.84 Å². The molecule has 2 aromatic heterocycles. The van der Waals surface area contributed by atoms with Crippen LogP contribution in [0.3, 0.4) is 0 Å². The molecule has 0 saturated carbocycles. The first kappa shape index (κ1) is 11.6. The third-order valence-corrected chi connectivity index (χ3v) is 2.39. The highest BCUT2D eigenvalue weighted by atomic mass is 35.5. The molecule has 0 fully saturated rings. The van der Waals surface area contributed by atoms with Gasteiger partial charge in [-0.05, 0) is 19.1 Å². The molecular weight excluding hydrogens is 244 g/mol. The van der Waals surface area contributed by atoms with E-state index in [0.717, 1.165) is 0 Å². The Morgan fingerprint density at radius 3 is 3.00 bits per heavy atom. The highest BCUT2D eigenvalue weighted by molar-refractivity contribution is 6.32. The number of nitrogens with zero attached hydrogens (tertiary/aromatic N) is 2. The third-order valence-electron chi connectivity index (χ3n) is 2.11. The van der Waals surface area contributed by atoms with Gasteiger partial charge in [-0.25, -0.2) is 9.78 Å². The van der Waals surface area contributed by atoms with Crippen molar-refractivity contribution in [3.8, 4) is 5.88 Å². The number of aromatic nitrogens is 2. The normalized spacial score (nSPS) is 10.5. The second kappa shape index (κ2) is 4.55. The number of pyridine rings is 2. The number of ether oxygens (including phenoxy) is 1. The molecule has 17 heavy (non-hydrogen) atoms. The van der Waals surface area contributed by atoms with Crippen LogP contribution in [0, 0.1) is 0 Å². The monoisotopic (exact) mass is 252 g/mol. The molecule has 0 atom stereocenters. The molecule has 5 nitrogen and oxygen atoms in total. The molecular formula is C11H9ClN2O3. The summed E-state index contributed by atoms with van der Waals surface area (Å²) in [5.41, 5.74) is 0.642. The zero-order valence-corrected chi connectivity index (χ0v) is 9.73. The van der Waals surface area contributed by atoms with Gasteiger partial charge in [0.05, 0.1) is 12.2 Å². The van der Waals surface area contributed by atoms with Crippen LogP contribution in [0.2, 0.25) is 5.02 Å². The van der Waals surface area contributed by atoms with Crippen LogP contribution in [-0.4, -0.2) is 27.7 Å². The van der Waals surface area contributed by atoms with Gasteiger partial charge in [-0.1, -0.05) is 11.6 Å². The average molecular weight is 253 g/mol. The summed E-state index contributed by atoms with van der Waals surface area (Å²) in [6.07, 6.45) is 1.35. The van der Waals surface area contributed by atoms with Crippen molar-refractivity contribution in [2.24, 2.45) is 0 Å². The van der Waals surface area contributed by atoms with Gasteiger partial charge in [-0.2, -0.15) is 4.98 Å². The molecule has 1 N–H and O–H groups in total. The van der Waals surface area contributed by atoms with Crippen molar-refractivity contribution >= 4 is 28.6 Å². The summed E-state index contributed by atoms with van der Waals surface area (Å²) in [5.74, 6) is -0.735. The van der Waals surface area contributed by atoms with Crippen LogP contribution in [0.4, 0.5) is 0 Å². The Morgan fingerprint density at radius 1 is 1.53 bits per heavy atom. The lowest BCUT2D eigenvalue weighted by Crippen LogP contribution is -2.05. The fraction of sp³-hybridized carbons (Fsp3) is 0.182. The number of hydrogen-bond donors (Lipinski definition) is 1. The Morgan fingerprint density at radius 2 is 2.29 bits per heavy atom. The minimum Gasteiger partial charge on any atom is -0.492 e. The molecule has 88 valence electrons. The molecule has 0 amide bonds. The van der Waals surface area contributed by atoms with E-state index in [1.807, 2.05) is 0 Å². The highest BCUT2D eigenvalue weighted by Gasteiger charge is 2.10. The summed E-state index contributed by atoms with van der Waals surface area (Å²) in [5, 5.41) is 9.98. The predicted octanol–water partition coefficient (Wildman–Crippen LogP) is 2.17. The van der Waals surface area contributed by atoms with E-state index in [9.17, 15) is 9.90 Å². The Balaban J connectivity index is 2.50. The molecule has 2 rings (SSSR count). The molecule has 0 aliphatic carbocycles. The Hall–Kier alpha value is -1.88. The van der Waals surface area contributed by atoms with E-state index in [1.54, 1.807) is 13.0 Å². The lowest BCUT2D eigenvalue weighted by Gasteiger charge is -2.03. The van der Waals surface area contributed by atoms with Crippen molar-refractivity contribution in [1.82, 2.24) is 9.97 Å². The van der Waals surface area contributed by atoms with E-state index in [-0.39, 0.29) is 10.9 Å². The minimum absolute atomic E-state index is 0.111. The van der Waals surface area contributed by atoms with Gasteiger partial charge in [-0.15, -0.1) is 0 Å². The quantitative estimate of drug-likeness (QED) is 0.830. The van der Waals surface area contributed by atoms with Gasteiger partial charge in [0, 0.05) is 11.6 Å². The second-order valence-electron chi connectivity index (χ2n) is 3.28. The van der Waals surface area contributed by atoms with E-state index >= 15 is 0 Å².